The van der Waals surface area contributed by atoms with Crippen LogP contribution in [0.4, 0.5) is 4.39 Å². The molecule has 270 valence electrons. The Morgan fingerprint density at radius 2 is 1.29 bits per heavy atom. The molecule has 5 atom stereocenters. The Labute approximate surface area is 309 Å². The van der Waals surface area contributed by atoms with E-state index in [0.29, 0.717) is 30.2 Å². The molecule has 7 nitrogen and oxygen atoms in total. The van der Waals surface area contributed by atoms with Gasteiger partial charge in [-0.1, -0.05) is 115 Å². The molecule has 1 unspecified atom stereocenters. The molecular weight excluding hydrogens is 683 g/mol. The summed E-state index contributed by atoms with van der Waals surface area (Å²) in [7, 11) is 1.59. The maximum atomic E-state index is 14.9. The number of methoxy groups -OCH3 is 1. The zero-order chi connectivity index (χ0) is 36.0. The monoisotopic (exact) mass is 724 g/mol. The summed E-state index contributed by atoms with van der Waals surface area (Å²) in [6.07, 6.45) is -1.90. The van der Waals surface area contributed by atoms with Gasteiger partial charge in [-0.2, -0.15) is 0 Å². The fraction of sp³-hybridized carbons (Fsp3) is 0.302. The Morgan fingerprint density at radius 1 is 0.712 bits per heavy atom. The van der Waals surface area contributed by atoms with Crippen LogP contribution in [0.5, 0.6) is 5.75 Å². The van der Waals surface area contributed by atoms with E-state index in [4.69, 9.17) is 44.8 Å². The molecule has 5 aromatic carbocycles. The highest BCUT2D eigenvalue weighted by atomic mass is 35.5. The van der Waals surface area contributed by atoms with Crippen molar-refractivity contribution in [3.63, 3.8) is 0 Å². The van der Waals surface area contributed by atoms with Crippen LogP contribution in [-0.4, -0.2) is 44.4 Å². The summed E-state index contributed by atoms with van der Waals surface area (Å²) in [5.41, 5.74) is 5.08. The average molecular weight is 725 g/mol. The Morgan fingerprint density at radius 3 is 1.83 bits per heavy atom. The van der Waals surface area contributed by atoms with E-state index in [1.54, 1.807) is 19.2 Å². The van der Waals surface area contributed by atoms with Crippen LogP contribution in [-0.2, 0) is 60.4 Å². The second kappa shape index (κ2) is 16.3. The lowest BCUT2D eigenvalue weighted by atomic mass is 9.86. The largest absolute Gasteiger partial charge is 0.491 e. The fourth-order valence-electron chi connectivity index (χ4n) is 6.75. The fourth-order valence-corrected chi connectivity index (χ4v) is 6.94. The van der Waals surface area contributed by atoms with Gasteiger partial charge in [0.2, 0.25) is 11.6 Å². The van der Waals surface area contributed by atoms with Crippen molar-refractivity contribution >= 4 is 11.6 Å². The van der Waals surface area contributed by atoms with Crippen molar-refractivity contribution in [1.82, 2.24) is 0 Å². The third kappa shape index (κ3) is 7.94. The average Bonchev–Trinajstić information content (AvgIpc) is 3.95. The van der Waals surface area contributed by atoms with E-state index in [1.165, 1.54) is 6.07 Å². The normalized spacial score (nSPS) is 23.8. The van der Waals surface area contributed by atoms with Crippen LogP contribution < -0.4 is 4.74 Å². The Balaban J connectivity index is 1.29. The Kier molecular flexibility index (Phi) is 11.3. The van der Waals surface area contributed by atoms with Crippen molar-refractivity contribution < 1.29 is 37.5 Å². The van der Waals surface area contributed by atoms with E-state index in [0.717, 1.165) is 27.8 Å². The molecule has 52 heavy (non-hydrogen) atoms. The van der Waals surface area contributed by atoms with E-state index >= 15 is 0 Å². The predicted octanol–water partition coefficient (Wildman–Crippen LogP) is 8.78. The number of epoxide rings is 1. The molecule has 7 rings (SSSR count). The number of hydrogen-bond acceptors (Lipinski definition) is 7. The molecule has 0 radical (unpaired) electrons. The van der Waals surface area contributed by atoms with Crippen LogP contribution in [0.3, 0.4) is 0 Å². The van der Waals surface area contributed by atoms with Gasteiger partial charge >= 0.3 is 0 Å². The van der Waals surface area contributed by atoms with Gasteiger partial charge in [-0.05, 0) is 65.4 Å². The first kappa shape index (κ1) is 36.2. The molecule has 2 heterocycles. The van der Waals surface area contributed by atoms with E-state index in [1.807, 2.05) is 116 Å². The number of hydrogen-bond donors (Lipinski definition) is 0. The first-order valence-electron chi connectivity index (χ1n) is 17.5. The van der Waals surface area contributed by atoms with Crippen molar-refractivity contribution in [3.05, 3.63) is 172 Å². The molecule has 0 bridgehead atoms. The first-order chi connectivity index (χ1) is 25.4. The molecule has 0 amide bonds. The van der Waals surface area contributed by atoms with E-state index in [9.17, 15) is 4.39 Å². The standard InChI is InChI=1S/C43H42ClFO7/c1-3-47-38-22-19-33(24-37(38)45)23-34-25-35(20-21-36(34)44)43(46-2)41(50-28-32-17-11-6-12-18-32)39(48-26-30-13-7-4-8-14-30)40(42(52-43)29-51-42)49-27-31-15-9-5-10-16-31/h4-22,24-25,39-41H,3,23,26-29H2,1-2H3/t39-,40-,41+,42?,43-/m0/s1. The SMILES string of the molecule is CCOc1ccc(Cc2cc([C@]3(OC)OC4(CO4)[C@@H](OCc4ccccc4)[C@H](OCc4ccccc4)[C@H]3OCc3ccccc3)ccc2Cl)cc1F. The van der Waals surface area contributed by atoms with Crippen LogP contribution in [0, 0.1) is 5.82 Å². The second-order valence-electron chi connectivity index (χ2n) is 13.0. The lowest BCUT2D eigenvalue weighted by Crippen LogP contribution is -2.67. The third-order valence-corrected chi connectivity index (χ3v) is 9.80. The van der Waals surface area contributed by atoms with E-state index in [2.05, 4.69) is 0 Å². The molecule has 5 aromatic rings. The van der Waals surface area contributed by atoms with E-state index in [-0.39, 0.29) is 25.6 Å². The minimum Gasteiger partial charge on any atom is -0.491 e. The van der Waals surface area contributed by atoms with Gasteiger partial charge in [0.05, 0.1) is 26.4 Å². The molecule has 0 aliphatic carbocycles. The molecule has 0 aromatic heterocycles. The highest BCUT2D eigenvalue weighted by Crippen LogP contribution is 2.53. The van der Waals surface area contributed by atoms with E-state index < -0.39 is 35.7 Å². The molecule has 2 aliphatic heterocycles. The lowest BCUT2D eigenvalue weighted by Gasteiger charge is -2.51. The van der Waals surface area contributed by atoms with Gasteiger partial charge in [0.25, 0.3) is 0 Å². The summed E-state index contributed by atoms with van der Waals surface area (Å²) < 4.78 is 60.3. The summed E-state index contributed by atoms with van der Waals surface area (Å²) in [4.78, 5) is 0. The molecule has 1 spiro atoms. The summed E-state index contributed by atoms with van der Waals surface area (Å²) in [6.45, 7) is 3.29. The van der Waals surface area contributed by atoms with Crippen molar-refractivity contribution in [2.45, 2.75) is 63.1 Å². The summed E-state index contributed by atoms with van der Waals surface area (Å²) in [5, 5.41) is 0.514. The van der Waals surface area contributed by atoms with Crippen molar-refractivity contribution in [1.29, 1.82) is 0 Å². The maximum absolute atomic E-state index is 14.9. The quantitative estimate of drug-likeness (QED) is 0.100. The van der Waals surface area contributed by atoms with Crippen LogP contribution >= 0.6 is 11.6 Å². The van der Waals surface area contributed by atoms with Crippen LogP contribution in [0.1, 0.15) is 40.3 Å². The molecule has 2 saturated heterocycles. The minimum absolute atomic E-state index is 0.207. The zero-order valence-corrected chi connectivity index (χ0v) is 30.0. The third-order valence-electron chi connectivity index (χ3n) is 9.43. The first-order valence-corrected chi connectivity index (χ1v) is 17.9. The van der Waals surface area contributed by atoms with Crippen molar-refractivity contribution in [2.75, 3.05) is 20.3 Å². The van der Waals surface area contributed by atoms with Crippen LogP contribution in [0.25, 0.3) is 0 Å². The summed E-state index contributed by atoms with van der Waals surface area (Å²) in [6, 6.07) is 40.3. The minimum atomic E-state index is -1.53. The number of rotatable bonds is 15. The molecule has 2 aliphatic rings. The molecule has 0 saturated carbocycles. The molecule has 2 fully saturated rings. The zero-order valence-electron chi connectivity index (χ0n) is 29.2. The van der Waals surface area contributed by atoms with Crippen LogP contribution in [0.15, 0.2) is 127 Å². The van der Waals surface area contributed by atoms with Gasteiger partial charge in [0.15, 0.2) is 11.6 Å². The topological polar surface area (TPSA) is 67.9 Å². The van der Waals surface area contributed by atoms with Gasteiger partial charge in [-0.3, -0.25) is 0 Å². The smallest absolute Gasteiger partial charge is 0.227 e. The van der Waals surface area contributed by atoms with Gasteiger partial charge in [0, 0.05) is 17.7 Å². The molecule has 9 heteroatoms. The Bertz CT molecular complexity index is 1910. The highest BCUT2D eigenvalue weighted by molar-refractivity contribution is 6.31. The summed E-state index contributed by atoms with van der Waals surface area (Å²) >= 11 is 6.81. The second-order valence-corrected chi connectivity index (χ2v) is 13.4. The van der Waals surface area contributed by atoms with Crippen molar-refractivity contribution in [2.24, 2.45) is 0 Å². The number of benzene rings is 5. The summed E-state index contributed by atoms with van der Waals surface area (Å²) in [5.74, 6) is -2.93. The predicted molar refractivity (Wildman–Crippen MR) is 195 cm³/mol. The van der Waals surface area contributed by atoms with Crippen LogP contribution in [0.2, 0.25) is 5.02 Å². The molecule has 0 N–H and O–H groups in total. The van der Waals surface area contributed by atoms with Gasteiger partial charge in [0.1, 0.15) is 24.9 Å². The lowest BCUT2D eigenvalue weighted by molar-refractivity contribution is -0.405. The van der Waals surface area contributed by atoms with Gasteiger partial charge < -0.3 is 33.2 Å². The van der Waals surface area contributed by atoms with Crippen molar-refractivity contribution in [3.8, 4) is 5.75 Å². The number of ether oxygens (including phenoxy) is 7. The highest BCUT2D eigenvalue weighted by Gasteiger charge is 2.70. The number of halogens is 2. The van der Waals surface area contributed by atoms with Gasteiger partial charge in [-0.25, -0.2) is 4.39 Å². The maximum Gasteiger partial charge on any atom is 0.227 e. The molecular formula is C43H42ClFO7. The Hall–Kier alpha value is -4.12. The van der Waals surface area contributed by atoms with Gasteiger partial charge in [-0.15, -0.1) is 0 Å².